The molecule has 0 spiro atoms. The van der Waals surface area contributed by atoms with E-state index >= 15 is 0 Å². The van der Waals surface area contributed by atoms with Crippen molar-refractivity contribution < 1.29 is 4.74 Å². The minimum atomic E-state index is 0.530. The van der Waals surface area contributed by atoms with Crippen molar-refractivity contribution in [2.75, 3.05) is 0 Å². The van der Waals surface area contributed by atoms with Crippen LogP contribution in [0.5, 0.6) is 5.75 Å². The maximum absolute atomic E-state index is 6.21. The molecule has 0 radical (unpaired) electrons. The second-order valence-corrected chi connectivity index (χ2v) is 9.40. The fourth-order valence-corrected chi connectivity index (χ4v) is 4.46. The molecule has 0 saturated heterocycles. The number of allylic oxidation sites excluding steroid dienone is 2. The molecular formula is C31H39N3O. The van der Waals surface area contributed by atoms with E-state index in [0.29, 0.717) is 6.61 Å². The van der Waals surface area contributed by atoms with Gasteiger partial charge in [0.25, 0.3) is 0 Å². The molecular weight excluding hydrogens is 430 g/mol. The van der Waals surface area contributed by atoms with E-state index < -0.39 is 0 Å². The maximum Gasteiger partial charge on any atom is 0.145 e. The minimum absolute atomic E-state index is 0.530. The number of aliphatic imine (C=N–C) groups is 1. The molecule has 0 bridgehead atoms. The molecule has 0 saturated carbocycles. The normalized spacial score (nSPS) is 14.1. The molecule has 0 unspecified atom stereocenters. The van der Waals surface area contributed by atoms with Gasteiger partial charge in [-0.2, -0.15) is 0 Å². The summed E-state index contributed by atoms with van der Waals surface area (Å²) in [5, 5.41) is 0. The Morgan fingerprint density at radius 3 is 2.34 bits per heavy atom. The first-order chi connectivity index (χ1) is 17.3. The Kier molecular flexibility index (Phi) is 9.64. The average Bonchev–Trinajstić information content (AvgIpc) is 3.64. The number of nitrogens with zero attached hydrogens (tertiary/aromatic N) is 1. The van der Waals surface area contributed by atoms with Gasteiger partial charge in [0.05, 0.1) is 22.8 Å². The first-order valence-corrected chi connectivity index (χ1v) is 13.3. The first-order valence-electron chi connectivity index (χ1n) is 13.3. The molecule has 0 atom stereocenters. The van der Waals surface area contributed by atoms with Crippen molar-refractivity contribution in [3.05, 3.63) is 83.8 Å². The van der Waals surface area contributed by atoms with Gasteiger partial charge in [-0.05, 0) is 48.8 Å². The fraction of sp³-hybridized carbons (Fsp3) is 0.387. The molecule has 3 heterocycles. The number of H-pyrrole nitrogens is 2. The van der Waals surface area contributed by atoms with Crippen LogP contribution in [0, 0.1) is 0 Å². The van der Waals surface area contributed by atoms with Gasteiger partial charge in [-0.25, -0.2) is 0 Å². The van der Waals surface area contributed by atoms with E-state index in [-0.39, 0.29) is 0 Å². The van der Waals surface area contributed by atoms with Crippen molar-refractivity contribution in [2.24, 2.45) is 4.99 Å². The van der Waals surface area contributed by atoms with E-state index in [0.717, 1.165) is 40.5 Å². The third-order valence-corrected chi connectivity index (χ3v) is 6.48. The van der Waals surface area contributed by atoms with Crippen LogP contribution in [0.15, 0.2) is 77.6 Å². The van der Waals surface area contributed by atoms with E-state index in [2.05, 4.69) is 59.4 Å². The summed E-state index contributed by atoms with van der Waals surface area (Å²) in [4.78, 5) is 11.6. The second kappa shape index (κ2) is 13.6. The van der Waals surface area contributed by atoms with Crippen LogP contribution in [0.3, 0.4) is 0 Å². The summed E-state index contributed by atoms with van der Waals surface area (Å²) < 4.78 is 6.21. The van der Waals surface area contributed by atoms with E-state index in [4.69, 9.17) is 9.73 Å². The van der Waals surface area contributed by atoms with Crippen molar-refractivity contribution in [1.29, 1.82) is 0 Å². The van der Waals surface area contributed by atoms with Crippen LogP contribution in [0.25, 0.3) is 17.5 Å². The van der Waals surface area contributed by atoms with E-state index in [1.54, 1.807) is 0 Å². The molecule has 1 aliphatic heterocycles. The molecule has 1 aromatic carbocycles. The maximum atomic E-state index is 6.21. The molecule has 35 heavy (non-hydrogen) atoms. The summed E-state index contributed by atoms with van der Waals surface area (Å²) in [6, 6.07) is 16.4. The summed E-state index contributed by atoms with van der Waals surface area (Å²) in [7, 11) is 0. The number of rotatable bonds is 15. The number of nitrogens with one attached hydrogen (secondary N) is 2. The Balaban J connectivity index is 1.32. The molecule has 4 rings (SSSR count). The van der Waals surface area contributed by atoms with Gasteiger partial charge in [-0.3, -0.25) is 4.99 Å². The average molecular weight is 470 g/mol. The molecule has 2 N–H and O–H groups in total. The van der Waals surface area contributed by atoms with Crippen LogP contribution < -0.4 is 4.74 Å². The van der Waals surface area contributed by atoms with E-state index in [1.807, 2.05) is 30.5 Å². The molecule has 3 aromatic rings. The summed E-state index contributed by atoms with van der Waals surface area (Å²) in [5.74, 6) is 0.835. The summed E-state index contributed by atoms with van der Waals surface area (Å²) in [6.07, 6.45) is 21.5. The monoisotopic (exact) mass is 469 g/mol. The predicted molar refractivity (Wildman–Crippen MR) is 148 cm³/mol. The van der Waals surface area contributed by atoms with Gasteiger partial charge in [-0.1, -0.05) is 88.6 Å². The zero-order valence-electron chi connectivity index (χ0n) is 21.1. The van der Waals surface area contributed by atoms with Gasteiger partial charge < -0.3 is 14.7 Å². The number of unbranched alkanes of at least 4 members (excludes halogenated alkanes) is 8. The Labute approximate surface area is 210 Å². The molecule has 0 aliphatic carbocycles. The first kappa shape index (κ1) is 24.8. The summed E-state index contributed by atoms with van der Waals surface area (Å²) in [5.41, 5.74) is 6.29. The van der Waals surface area contributed by atoms with Gasteiger partial charge in [0.2, 0.25) is 0 Å². The largest absolute Gasteiger partial charge is 0.487 e. The van der Waals surface area contributed by atoms with Gasteiger partial charge in [0.1, 0.15) is 12.4 Å². The lowest BCUT2D eigenvalue weighted by Crippen LogP contribution is -1.95. The van der Waals surface area contributed by atoms with Gasteiger partial charge >= 0.3 is 0 Å². The highest BCUT2D eigenvalue weighted by molar-refractivity contribution is 5.99. The highest BCUT2D eigenvalue weighted by atomic mass is 16.5. The minimum Gasteiger partial charge on any atom is -0.487 e. The molecule has 2 aromatic heterocycles. The third-order valence-electron chi connectivity index (χ3n) is 6.48. The molecule has 4 heteroatoms. The number of benzene rings is 1. The van der Waals surface area contributed by atoms with Crippen LogP contribution in [0.2, 0.25) is 0 Å². The lowest BCUT2D eigenvalue weighted by Gasteiger charge is -2.05. The van der Waals surface area contributed by atoms with Crippen molar-refractivity contribution >= 4 is 11.8 Å². The number of aromatic amines is 2. The van der Waals surface area contributed by atoms with Crippen LogP contribution in [-0.4, -0.2) is 15.7 Å². The predicted octanol–water partition coefficient (Wildman–Crippen LogP) is 8.86. The SMILES string of the molecule is CCCCCCCCCCCC1=N/C(=C\c2[nH]c(-c3ccc[nH]3)cc2OCc2ccccc2)C=C1. The van der Waals surface area contributed by atoms with Crippen LogP contribution in [0.1, 0.15) is 82.4 Å². The summed E-state index contributed by atoms with van der Waals surface area (Å²) in [6.45, 7) is 2.81. The number of hydrogen-bond acceptors (Lipinski definition) is 2. The number of hydrogen-bond donors (Lipinski definition) is 2. The smallest absolute Gasteiger partial charge is 0.145 e. The molecule has 1 aliphatic rings. The number of aromatic nitrogens is 2. The quantitative estimate of drug-likeness (QED) is 0.215. The van der Waals surface area contributed by atoms with Crippen LogP contribution >= 0.6 is 0 Å². The molecule has 4 nitrogen and oxygen atoms in total. The van der Waals surface area contributed by atoms with Gasteiger partial charge in [0, 0.05) is 18.0 Å². The summed E-state index contributed by atoms with van der Waals surface area (Å²) >= 11 is 0. The Morgan fingerprint density at radius 1 is 0.829 bits per heavy atom. The van der Waals surface area contributed by atoms with Crippen molar-refractivity contribution in [1.82, 2.24) is 9.97 Å². The zero-order valence-corrected chi connectivity index (χ0v) is 21.1. The highest BCUT2D eigenvalue weighted by Gasteiger charge is 2.12. The standard InChI is InChI=1S/C31H39N3O/c1-2-3-4-5-6-7-8-9-13-17-26-19-20-27(33-26)22-30-31(35-24-25-15-11-10-12-16-25)23-29(34-30)28-18-14-21-32-28/h10-12,14-16,18-23,32,34H,2-9,13,17,24H2,1H3/b27-22-. The van der Waals surface area contributed by atoms with Gasteiger partial charge in [-0.15, -0.1) is 0 Å². The molecule has 0 amide bonds. The fourth-order valence-electron chi connectivity index (χ4n) is 4.46. The topological polar surface area (TPSA) is 53.2 Å². The van der Waals surface area contributed by atoms with Crippen LogP contribution in [-0.2, 0) is 6.61 Å². The van der Waals surface area contributed by atoms with Crippen LogP contribution in [0.4, 0.5) is 0 Å². The van der Waals surface area contributed by atoms with Crippen molar-refractivity contribution in [3.8, 4) is 17.1 Å². The van der Waals surface area contributed by atoms with Gasteiger partial charge in [0.15, 0.2) is 0 Å². The van der Waals surface area contributed by atoms with Crippen molar-refractivity contribution in [2.45, 2.75) is 77.7 Å². The highest BCUT2D eigenvalue weighted by Crippen LogP contribution is 2.30. The Bertz CT molecular complexity index is 1100. The lowest BCUT2D eigenvalue weighted by molar-refractivity contribution is 0.306. The molecule has 184 valence electrons. The van der Waals surface area contributed by atoms with Crippen molar-refractivity contribution in [3.63, 3.8) is 0 Å². The lowest BCUT2D eigenvalue weighted by atomic mass is 10.1. The van der Waals surface area contributed by atoms with E-state index in [1.165, 1.54) is 63.5 Å². The zero-order chi connectivity index (χ0) is 24.1. The molecule has 0 fully saturated rings. The Hall–Kier alpha value is -3.27. The number of ether oxygens (including phenoxy) is 1. The van der Waals surface area contributed by atoms with E-state index in [9.17, 15) is 0 Å². The Morgan fingerprint density at radius 2 is 1.60 bits per heavy atom. The third kappa shape index (κ3) is 7.88. The second-order valence-electron chi connectivity index (χ2n) is 9.40.